The molecular weight excluding hydrogens is 253 g/mol. The number of hydrogen-bond acceptors (Lipinski definition) is 4. The Kier molecular flexibility index (Phi) is 8.81. The van der Waals surface area contributed by atoms with Crippen molar-refractivity contribution in [2.75, 3.05) is 47.1 Å². The second-order valence-electron chi connectivity index (χ2n) is 4.92. The summed E-state index contributed by atoms with van der Waals surface area (Å²) in [6.45, 7) is 3.33. The fourth-order valence-electron chi connectivity index (χ4n) is 1.03. The third-order valence-electron chi connectivity index (χ3n) is 2.03. The molecule has 0 aromatic rings. The molecule has 0 aromatic heterocycles. The van der Waals surface area contributed by atoms with Gasteiger partial charge in [-0.15, -0.1) is 4.52 Å². The number of likely N-dealkylation sites (N-methyl/N-ethyl adjacent to an activating group) is 1. The van der Waals surface area contributed by atoms with Gasteiger partial charge in [0.25, 0.3) is 0 Å². The minimum Gasteiger partial charge on any atom is -0.462 e. The van der Waals surface area contributed by atoms with Crippen LogP contribution in [0.4, 0.5) is 0 Å². The van der Waals surface area contributed by atoms with E-state index in [0.717, 1.165) is 11.0 Å². The highest BCUT2D eigenvalue weighted by atomic mass is 31.1. The Bertz CT molecular complexity index is 297. The third-order valence-corrected chi connectivity index (χ3v) is 3.18. The van der Waals surface area contributed by atoms with E-state index in [1.54, 1.807) is 13.0 Å². The summed E-state index contributed by atoms with van der Waals surface area (Å²) in [5.41, 5.74) is 0. The van der Waals surface area contributed by atoms with Crippen LogP contribution < -0.4 is 0 Å². The van der Waals surface area contributed by atoms with Crippen molar-refractivity contribution in [1.29, 1.82) is 0 Å². The molecule has 0 heterocycles. The number of hydrogen-bond donors (Lipinski definition) is 0. The third kappa shape index (κ3) is 11.7. The molecule has 1 unspecified atom stereocenters. The van der Waals surface area contributed by atoms with Gasteiger partial charge in [0.2, 0.25) is 0 Å². The van der Waals surface area contributed by atoms with Crippen molar-refractivity contribution in [3.63, 3.8) is 0 Å². The molecule has 0 saturated carbocycles. The van der Waals surface area contributed by atoms with Gasteiger partial charge < -0.3 is 9.22 Å². The van der Waals surface area contributed by atoms with Crippen molar-refractivity contribution in [3.8, 4) is 0 Å². The molecule has 0 spiro atoms. The normalized spacial score (nSPS) is 12.8. The van der Waals surface area contributed by atoms with E-state index in [1.165, 1.54) is 6.08 Å². The number of carbonyl (C=O) groups is 1. The largest absolute Gasteiger partial charge is 0.508 e. The number of quaternary nitrogens is 1. The first-order chi connectivity index (χ1) is 8.35. The zero-order chi connectivity index (χ0) is 14.0. The average molecular weight is 277 g/mol. The predicted molar refractivity (Wildman–Crippen MR) is 71.7 cm³/mol. The molecule has 0 N–H and O–H groups in total. The SMILES string of the molecule is CC=CC(=O)OCCC[P+](=O)OCC[N+](C)(C)C. The summed E-state index contributed by atoms with van der Waals surface area (Å²) < 4.78 is 22.3. The zero-order valence-corrected chi connectivity index (χ0v) is 12.6. The van der Waals surface area contributed by atoms with Crippen LogP contribution in [0.3, 0.4) is 0 Å². The highest BCUT2D eigenvalue weighted by Crippen LogP contribution is 2.22. The van der Waals surface area contributed by atoms with E-state index in [0.29, 0.717) is 19.2 Å². The molecule has 0 aromatic carbocycles. The molecule has 5 nitrogen and oxygen atoms in total. The van der Waals surface area contributed by atoms with Gasteiger partial charge in [0, 0.05) is 12.5 Å². The van der Waals surface area contributed by atoms with Gasteiger partial charge in [-0.3, -0.25) is 0 Å². The molecule has 0 saturated heterocycles. The molecule has 0 aliphatic heterocycles. The van der Waals surface area contributed by atoms with Gasteiger partial charge in [-0.1, -0.05) is 6.08 Å². The van der Waals surface area contributed by atoms with Crippen LogP contribution in [0.2, 0.25) is 0 Å². The molecule has 104 valence electrons. The monoisotopic (exact) mass is 277 g/mol. The van der Waals surface area contributed by atoms with E-state index in [9.17, 15) is 9.36 Å². The summed E-state index contributed by atoms with van der Waals surface area (Å²) in [5.74, 6) is -0.362. The minimum absolute atomic E-state index is 0.281. The number of nitrogens with zero attached hydrogens (tertiary/aromatic N) is 1. The Morgan fingerprint density at radius 2 is 1.94 bits per heavy atom. The highest BCUT2D eigenvalue weighted by molar-refractivity contribution is 7.39. The lowest BCUT2D eigenvalue weighted by Gasteiger charge is -2.21. The van der Waals surface area contributed by atoms with Crippen LogP contribution in [0.25, 0.3) is 0 Å². The van der Waals surface area contributed by atoms with E-state index in [-0.39, 0.29) is 12.6 Å². The lowest BCUT2D eigenvalue weighted by atomic mass is 10.5. The van der Waals surface area contributed by atoms with Crippen LogP contribution in [0.15, 0.2) is 12.2 Å². The molecule has 0 bridgehead atoms. The molecule has 0 amide bonds. The predicted octanol–water partition coefficient (Wildman–Crippen LogP) is 1.96. The van der Waals surface area contributed by atoms with Gasteiger partial charge >= 0.3 is 14.0 Å². The summed E-state index contributed by atoms with van der Waals surface area (Å²) in [6.07, 6.45) is 3.97. The second kappa shape index (κ2) is 9.20. The maximum absolute atomic E-state index is 11.5. The van der Waals surface area contributed by atoms with Crippen LogP contribution in [0.5, 0.6) is 0 Å². The van der Waals surface area contributed by atoms with Gasteiger partial charge in [-0.2, -0.15) is 0 Å². The van der Waals surface area contributed by atoms with Crippen LogP contribution in [0, 0.1) is 0 Å². The minimum atomic E-state index is -1.64. The standard InChI is InChI=1S/C12H24NO4P/c1-5-7-12(14)16-9-6-11-18(15)17-10-8-13(2,3)4/h5,7H,6,8-11H2,1-4H3/q+2. The Morgan fingerprint density at radius 1 is 1.28 bits per heavy atom. The van der Waals surface area contributed by atoms with Crippen LogP contribution in [0.1, 0.15) is 13.3 Å². The molecule has 1 atom stereocenters. The Labute approximate surface area is 110 Å². The number of esters is 1. The highest BCUT2D eigenvalue weighted by Gasteiger charge is 2.19. The molecule has 18 heavy (non-hydrogen) atoms. The lowest BCUT2D eigenvalue weighted by Crippen LogP contribution is -2.37. The summed E-state index contributed by atoms with van der Waals surface area (Å²) in [6, 6.07) is 0. The number of rotatable bonds is 9. The Hall–Kier alpha value is -0.770. The molecule has 6 heteroatoms. The molecular formula is C12H24NO4P+2. The molecule has 0 radical (unpaired) electrons. The number of carbonyl (C=O) groups excluding carboxylic acids is 1. The Morgan fingerprint density at radius 3 is 2.50 bits per heavy atom. The summed E-state index contributed by atoms with van der Waals surface area (Å²) in [7, 11) is 4.52. The quantitative estimate of drug-likeness (QED) is 0.212. The number of ether oxygens (including phenoxy) is 1. The van der Waals surface area contributed by atoms with Gasteiger partial charge in [-0.05, 0) is 11.5 Å². The second-order valence-corrected chi connectivity index (χ2v) is 6.30. The van der Waals surface area contributed by atoms with Crippen LogP contribution in [-0.2, 0) is 18.6 Å². The molecule has 0 aliphatic rings. The maximum atomic E-state index is 11.5. The van der Waals surface area contributed by atoms with Gasteiger partial charge in [0.1, 0.15) is 6.54 Å². The first kappa shape index (κ1) is 17.2. The summed E-state index contributed by atoms with van der Waals surface area (Å²) in [4.78, 5) is 11.0. The van der Waals surface area contributed by atoms with Gasteiger partial charge in [-0.25, -0.2) is 4.79 Å². The van der Waals surface area contributed by atoms with E-state index in [2.05, 4.69) is 21.1 Å². The Balaban J connectivity index is 3.51. The fraction of sp³-hybridized carbons (Fsp3) is 0.750. The van der Waals surface area contributed by atoms with Crippen molar-refractivity contribution in [2.45, 2.75) is 13.3 Å². The van der Waals surface area contributed by atoms with Crippen molar-refractivity contribution in [2.24, 2.45) is 0 Å². The van der Waals surface area contributed by atoms with Gasteiger partial charge in [0.15, 0.2) is 12.8 Å². The van der Waals surface area contributed by atoms with Crippen molar-refractivity contribution in [1.82, 2.24) is 0 Å². The topological polar surface area (TPSA) is 52.6 Å². The zero-order valence-electron chi connectivity index (χ0n) is 11.7. The average Bonchev–Trinajstić information content (AvgIpc) is 2.23. The van der Waals surface area contributed by atoms with E-state index in [1.807, 2.05) is 0 Å². The molecule has 0 aliphatic carbocycles. The van der Waals surface area contributed by atoms with E-state index >= 15 is 0 Å². The van der Waals surface area contributed by atoms with Crippen molar-refractivity contribution in [3.05, 3.63) is 12.2 Å². The maximum Gasteiger partial charge on any atom is 0.508 e. The van der Waals surface area contributed by atoms with Crippen molar-refractivity contribution >= 4 is 14.0 Å². The van der Waals surface area contributed by atoms with Crippen LogP contribution in [-0.4, -0.2) is 57.5 Å². The first-order valence-electron chi connectivity index (χ1n) is 6.02. The van der Waals surface area contributed by atoms with Crippen molar-refractivity contribution < 1.29 is 23.1 Å². The summed E-state index contributed by atoms with van der Waals surface area (Å²) in [5, 5.41) is 0. The van der Waals surface area contributed by atoms with E-state index < -0.39 is 8.03 Å². The molecule has 0 rings (SSSR count). The molecule has 0 fully saturated rings. The number of allylic oxidation sites excluding steroid dienone is 1. The first-order valence-corrected chi connectivity index (χ1v) is 7.39. The van der Waals surface area contributed by atoms with E-state index in [4.69, 9.17) is 9.26 Å². The lowest BCUT2D eigenvalue weighted by molar-refractivity contribution is -0.870. The van der Waals surface area contributed by atoms with Crippen LogP contribution >= 0.6 is 8.03 Å². The van der Waals surface area contributed by atoms with Gasteiger partial charge in [0.05, 0.1) is 27.7 Å². The summed E-state index contributed by atoms with van der Waals surface area (Å²) >= 11 is 0. The smallest absolute Gasteiger partial charge is 0.462 e. The fourth-order valence-corrected chi connectivity index (χ4v) is 1.83.